The van der Waals surface area contributed by atoms with Gasteiger partial charge in [-0.2, -0.15) is 4.31 Å². The van der Waals surface area contributed by atoms with Gasteiger partial charge in [0.25, 0.3) is 0 Å². The lowest BCUT2D eigenvalue weighted by Gasteiger charge is -2.31. The van der Waals surface area contributed by atoms with Crippen molar-refractivity contribution >= 4 is 21.8 Å². The van der Waals surface area contributed by atoms with E-state index in [1.54, 1.807) is 25.4 Å². The molecule has 0 radical (unpaired) electrons. The highest BCUT2D eigenvalue weighted by molar-refractivity contribution is 7.89. The first-order valence-electron chi connectivity index (χ1n) is 10.00. The van der Waals surface area contributed by atoms with Gasteiger partial charge in [-0.1, -0.05) is 6.07 Å². The van der Waals surface area contributed by atoms with E-state index in [1.807, 2.05) is 6.07 Å². The van der Waals surface area contributed by atoms with Crippen LogP contribution in [0.15, 0.2) is 53.7 Å². The highest BCUT2D eigenvalue weighted by Gasteiger charge is 2.34. The molecule has 0 spiro atoms. The second kappa shape index (κ2) is 9.97. The second-order valence-electron chi connectivity index (χ2n) is 7.47. The molecule has 1 saturated heterocycles. The molecule has 10 heteroatoms. The molecule has 1 aromatic heterocycles. The molecule has 1 aliphatic heterocycles. The normalized spacial score (nSPS) is 18.2. The summed E-state index contributed by atoms with van der Waals surface area (Å²) >= 11 is 0. The Morgan fingerprint density at radius 2 is 2.00 bits per heavy atom. The van der Waals surface area contributed by atoms with E-state index >= 15 is 0 Å². The van der Waals surface area contributed by atoms with Gasteiger partial charge >= 0.3 is 0 Å². The minimum absolute atomic E-state index is 0.00949. The quantitative estimate of drug-likeness (QED) is 0.666. The molecule has 1 aromatic carbocycles. The van der Waals surface area contributed by atoms with Gasteiger partial charge in [-0.05, 0) is 55.7 Å². The summed E-state index contributed by atoms with van der Waals surface area (Å²) in [6, 6.07) is 7.43. The molecular formula is C21H25FN4O4S. The number of hydrogen-bond donors (Lipinski definition) is 2. The van der Waals surface area contributed by atoms with Crippen LogP contribution in [0.4, 0.5) is 4.39 Å². The predicted molar refractivity (Wildman–Crippen MR) is 112 cm³/mol. The number of rotatable bonds is 7. The van der Waals surface area contributed by atoms with Crippen molar-refractivity contribution in [3.63, 3.8) is 0 Å². The number of nitrogens with zero attached hydrogens (tertiary/aromatic N) is 2. The van der Waals surface area contributed by atoms with E-state index in [0.717, 1.165) is 17.7 Å². The van der Waals surface area contributed by atoms with E-state index in [0.29, 0.717) is 19.4 Å². The molecule has 3 rings (SSSR count). The van der Waals surface area contributed by atoms with Crippen molar-refractivity contribution in [2.24, 2.45) is 5.92 Å². The third-order valence-corrected chi connectivity index (χ3v) is 7.03. The second-order valence-corrected chi connectivity index (χ2v) is 9.40. The Morgan fingerprint density at radius 1 is 1.26 bits per heavy atom. The molecule has 0 bridgehead atoms. The molecule has 2 N–H and O–H groups in total. The molecule has 1 aliphatic rings. The van der Waals surface area contributed by atoms with Crippen molar-refractivity contribution in [3.05, 3.63) is 60.2 Å². The zero-order valence-electron chi connectivity index (χ0n) is 17.1. The number of benzene rings is 1. The van der Waals surface area contributed by atoms with E-state index in [9.17, 15) is 22.4 Å². The van der Waals surface area contributed by atoms with Crippen LogP contribution >= 0.6 is 0 Å². The fourth-order valence-electron chi connectivity index (χ4n) is 3.37. The molecule has 0 unspecified atom stereocenters. The number of nitrogens with one attached hydrogen (secondary N) is 2. The molecule has 2 heterocycles. The number of carbonyl (C=O) groups is 2. The van der Waals surface area contributed by atoms with Gasteiger partial charge in [-0.25, -0.2) is 12.8 Å². The van der Waals surface area contributed by atoms with Gasteiger partial charge in [0.2, 0.25) is 21.8 Å². The highest BCUT2D eigenvalue weighted by Crippen LogP contribution is 2.24. The van der Waals surface area contributed by atoms with Crippen LogP contribution in [-0.4, -0.2) is 48.7 Å². The molecule has 2 amide bonds. The Hall–Kier alpha value is -2.85. The summed E-state index contributed by atoms with van der Waals surface area (Å²) in [5, 5.41) is 5.40. The largest absolute Gasteiger partial charge is 0.350 e. The smallest absolute Gasteiger partial charge is 0.243 e. The van der Waals surface area contributed by atoms with Gasteiger partial charge in [-0.3, -0.25) is 14.6 Å². The molecule has 166 valence electrons. The highest BCUT2D eigenvalue weighted by atomic mass is 32.2. The number of piperidine rings is 1. The Labute approximate surface area is 180 Å². The number of pyridine rings is 1. The summed E-state index contributed by atoms with van der Waals surface area (Å²) in [5.41, 5.74) is 0.836. The van der Waals surface area contributed by atoms with Crippen LogP contribution in [0.25, 0.3) is 0 Å². The summed E-state index contributed by atoms with van der Waals surface area (Å²) in [5.74, 6) is -1.81. The van der Waals surface area contributed by atoms with Crippen LogP contribution in [0.5, 0.6) is 0 Å². The maximum Gasteiger partial charge on any atom is 0.243 e. The number of amides is 2. The van der Waals surface area contributed by atoms with Gasteiger partial charge in [-0.15, -0.1) is 0 Å². The summed E-state index contributed by atoms with van der Waals surface area (Å²) in [6.45, 7) is 2.16. The molecule has 1 fully saturated rings. The third-order valence-electron chi connectivity index (χ3n) is 5.15. The van der Waals surface area contributed by atoms with Crippen LogP contribution in [0.1, 0.15) is 25.3 Å². The summed E-state index contributed by atoms with van der Waals surface area (Å²) in [7, 11) is -3.83. The van der Waals surface area contributed by atoms with Gasteiger partial charge < -0.3 is 10.6 Å². The van der Waals surface area contributed by atoms with Gasteiger partial charge in [0, 0.05) is 32.0 Å². The Morgan fingerprint density at radius 3 is 2.68 bits per heavy atom. The van der Waals surface area contributed by atoms with Crippen molar-refractivity contribution in [2.75, 3.05) is 13.1 Å². The molecule has 0 aliphatic carbocycles. The first-order chi connectivity index (χ1) is 14.8. The fraction of sp³-hybridized carbons (Fsp3) is 0.381. The molecule has 8 nitrogen and oxygen atoms in total. The van der Waals surface area contributed by atoms with Crippen LogP contribution in [0.2, 0.25) is 0 Å². The van der Waals surface area contributed by atoms with E-state index in [4.69, 9.17) is 0 Å². The number of halogens is 1. The number of hydrogen-bond acceptors (Lipinski definition) is 5. The fourth-order valence-corrected chi connectivity index (χ4v) is 4.90. The lowest BCUT2D eigenvalue weighted by atomic mass is 9.98. The monoisotopic (exact) mass is 448 g/mol. The van der Waals surface area contributed by atoms with E-state index in [2.05, 4.69) is 15.6 Å². The van der Waals surface area contributed by atoms with Crippen LogP contribution in [-0.2, 0) is 26.2 Å². The van der Waals surface area contributed by atoms with Crippen LogP contribution in [0.3, 0.4) is 0 Å². The molecule has 2 atom stereocenters. The third kappa shape index (κ3) is 5.86. The summed E-state index contributed by atoms with van der Waals surface area (Å²) in [4.78, 5) is 28.9. The predicted octanol–water partition coefficient (Wildman–Crippen LogP) is 1.44. The standard InChI is InChI=1S/C21H25FN4O4S/c1-15(20(27)24-13-16-4-2-10-23-12-16)25-21(28)17-5-3-11-26(14-17)31(29,30)19-8-6-18(22)7-9-19/h2,4,6-10,12,15,17H,3,5,11,13-14H2,1H3,(H,24,27)(H,25,28)/t15-,17-/m0/s1. The Bertz CT molecular complexity index is 1020. The van der Waals surface area contributed by atoms with Crippen molar-refractivity contribution in [3.8, 4) is 0 Å². The minimum Gasteiger partial charge on any atom is -0.350 e. The van der Waals surface area contributed by atoms with E-state index < -0.39 is 27.8 Å². The van der Waals surface area contributed by atoms with Crippen molar-refractivity contribution in [1.82, 2.24) is 19.9 Å². The average molecular weight is 449 g/mol. The number of carbonyl (C=O) groups excluding carboxylic acids is 2. The zero-order chi connectivity index (χ0) is 22.4. The molecule has 2 aromatic rings. The lowest BCUT2D eigenvalue weighted by Crippen LogP contribution is -2.50. The lowest BCUT2D eigenvalue weighted by molar-refractivity contribution is -0.131. The first kappa shape index (κ1) is 22.8. The van der Waals surface area contributed by atoms with Crippen molar-refractivity contribution < 1.29 is 22.4 Å². The first-order valence-corrected chi connectivity index (χ1v) is 11.4. The van der Waals surface area contributed by atoms with Gasteiger partial charge in [0.05, 0.1) is 10.8 Å². The Kier molecular flexibility index (Phi) is 7.34. The van der Waals surface area contributed by atoms with Crippen molar-refractivity contribution in [2.45, 2.75) is 37.2 Å². The SMILES string of the molecule is C[C@H](NC(=O)[C@H]1CCCN(S(=O)(=O)c2ccc(F)cc2)C1)C(=O)NCc1cccnc1. The minimum atomic E-state index is -3.83. The average Bonchev–Trinajstić information content (AvgIpc) is 2.78. The van der Waals surface area contributed by atoms with Crippen LogP contribution in [0, 0.1) is 11.7 Å². The topological polar surface area (TPSA) is 108 Å². The summed E-state index contributed by atoms with van der Waals surface area (Å²) < 4.78 is 40.0. The van der Waals surface area contributed by atoms with Crippen LogP contribution < -0.4 is 10.6 Å². The molecule has 0 saturated carbocycles. The molecular weight excluding hydrogens is 423 g/mol. The van der Waals surface area contributed by atoms with Gasteiger partial charge in [0.1, 0.15) is 11.9 Å². The van der Waals surface area contributed by atoms with Crippen molar-refractivity contribution in [1.29, 1.82) is 0 Å². The Balaban J connectivity index is 1.56. The summed E-state index contributed by atoms with van der Waals surface area (Å²) in [6.07, 6.45) is 4.31. The maximum atomic E-state index is 13.1. The van der Waals surface area contributed by atoms with E-state index in [-0.39, 0.29) is 29.8 Å². The number of aromatic nitrogens is 1. The van der Waals surface area contributed by atoms with Gasteiger partial charge in [0.15, 0.2) is 0 Å². The number of sulfonamides is 1. The maximum absolute atomic E-state index is 13.1. The zero-order valence-corrected chi connectivity index (χ0v) is 17.9. The van der Waals surface area contributed by atoms with E-state index in [1.165, 1.54) is 16.4 Å². The molecule has 31 heavy (non-hydrogen) atoms.